The summed E-state index contributed by atoms with van der Waals surface area (Å²) in [5, 5.41) is 5.65. The van der Waals surface area contributed by atoms with Crippen LogP contribution in [0, 0.1) is 6.92 Å². The standard InChI is InChI=1S/C15H14BrN3O2S/c1-9-4-3-5-13(17-9)18-15(22)19-14(20)11-8-10(16)6-7-12(11)21-2/h3-8H,1-2H3,(H2,17,18,19,20,22). The van der Waals surface area contributed by atoms with Crippen molar-refractivity contribution in [2.24, 2.45) is 0 Å². The van der Waals surface area contributed by atoms with E-state index in [9.17, 15) is 4.79 Å². The minimum Gasteiger partial charge on any atom is -0.496 e. The molecule has 0 aliphatic carbocycles. The van der Waals surface area contributed by atoms with Gasteiger partial charge in [0.15, 0.2) is 5.11 Å². The Morgan fingerprint density at radius 3 is 2.77 bits per heavy atom. The van der Waals surface area contributed by atoms with Gasteiger partial charge in [0.1, 0.15) is 11.6 Å². The van der Waals surface area contributed by atoms with Crippen LogP contribution < -0.4 is 15.4 Å². The average Bonchev–Trinajstić information content (AvgIpc) is 2.47. The summed E-state index contributed by atoms with van der Waals surface area (Å²) in [6, 6.07) is 10.7. The first-order chi connectivity index (χ1) is 10.5. The molecule has 0 fully saturated rings. The zero-order valence-electron chi connectivity index (χ0n) is 12.0. The number of nitrogens with zero attached hydrogens (tertiary/aromatic N) is 1. The van der Waals surface area contributed by atoms with E-state index in [2.05, 4.69) is 31.5 Å². The second kappa shape index (κ2) is 7.33. The summed E-state index contributed by atoms with van der Waals surface area (Å²) in [5.41, 5.74) is 1.24. The van der Waals surface area contributed by atoms with Crippen molar-refractivity contribution in [3.05, 3.63) is 52.1 Å². The predicted molar refractivity (Wildman–Crippen MR) is 93.4 cm³/mol. The van der Waals surface area contributed by atoms with Gasteiger partial charge in [-0.25, -0.2) is 4.98 Å². The number of rotatable bonds is 3. The highest BCUT2D eigenvalue weighted by Crippen LogP contribution is 2.22. The number of aryl methyl sites for hydroxylation is 1. The summed E-state index contributed by atoms with van der Waals surface area (Å²) in [6.07, 6.45) is 0. The van der Waals surface area contributed by atoms with Crippen molar-refractivity contribution in [3.63, 3.8) is 0 Å². The van der Waals surface area contributed by atoms with Crippen molar-refractivity contribution in [1.29, 1.82) is 0 Å². The fourth-order valence-corrected chi connectivity index (χ4v) is 2.35. The largest absolute Gasteiger partial charge is 0.496 e. The van der Waals surface area contributed by atoms with Crippen LogP contribution >= 0.6 is 28.1 Å². The lowest BCUT2D eigenvalue weighted by atomic mass is 10.2. The van der Waals surface area contributed by atoms with Crippen LogP contribution in [0.3, 0.4) is 0 Å². The lowest BCUT2D eigenvalue weighted by Crippen LogP contribution is -2.34. The maximum atomic E-state index is 12.3. The van der Waals surface area contributed by atoms with E-state index in [1.54, 1.807) is 24.3 Å². The second-order valence-electron chi connectivity index (χ2n) is 4.42. The van der Waals surface area contributed by atoms with E-state index in [1.807, 2.05) is 19.1 Å². The summed E-state index contributed by atoms with van der Waals surface area (Å²) >= 11 is 8.46. The molecule has 1 heterocycles. The summed E-state index contributed by atoms with van der Waals surface area (Å²) < 4.78 is 5.95. The quantitative estimate of drug-likeness (QED) is 0.801. The Balaban J connectivity index is 2.08. The lowest BCUT2D eigenvalue weighted by molar-refractivity contribution is 0.0974. The van der Waals surface area contributed by atoms with Crippen LogP contribution in [0.2, 0.25) is 0 Å². The van der Waals surface area contributed by atoms with Gasteiger partial charge < -0.3 is 10.1 Å². The van der Waals surface area contributed by atoms with Crippen molar-refractivity contribution in [1.82, 2.24) is 10.3 Å². The highest BCUT2D eigenvalue weighted by Gasteiger charge is 2.14. The van der Waals surface area contributed by atoms with Crippen molar-refractivity contribution in [2.45, 2.75) is 6.92 Å². The molecule has 0 radical (unpaired) electrons. The van der Waals surface area contributed by atoms with E-state index in [-0.39, 0.29) is 11.0 Å². The molecule has 22 heavy (non-hydrogen) atoms. The normalized spacial score (nSPS) is 9.95. The van der Waals surface area contributed by atoms with Gasteiger partial charge in [-0.1, -0.05) is 22.0 Å². The summed E-state index contributed by atoms with van der Waals surface area (Å²) in [4.78, 5) is 16.5. The van der Waals surface area contributed by atoms with Crippen LogP contribution in [0.15, 0.2) is 40.9 Å². The fraction of sp³-hybridized carbons (Fsp3) is 0.133. The van der Waals surface area contributed by atoms with Crippen LogP contribution in [-0.4, -0.2) is 23.1 Å². The van der Waals surface area contributed by atoms with Gasteiger partial charge in [0.25, 0.3) is 5.91 Å². The van der Waals surface area contributed by atoms with Crippen LogP contribution in [0.25, 0.3) is 0 Å². The van der Waals surface area contributed by atoms with E-state index in [1.165, 1.54) is 7.11 Å². The Kier molecular flexibility index (Phi) is 5.46. The number of carbonyl (C=O) groups excluding carboxylic acids is 1. The number of pyridine rings is 1. The van der Waals surface area contributed by atoms with Gasteiger partial charge in [0.2, 0.25) is 0 Å². The number of aromatic nitrogens is 1. The van der Waals surface area contributed by atoms with Crippen molar-refractivity contribution in [2.75, 3.05) is 12.4 Å². The third-order valence-electron chi connectivity index (χ3n) is 2.76. The van der Waals surface area contributed by atoms with Crippen molar-refractivity contribution >= 4 is 45.0 Å². The van der Waals surface area contributed by atoms with Crippen LogP contribution in [0.5, 0.6) is 5.75 Å². The first-order valence-corrected chi connectivity index (χ1v) is 7.59. The third kappa shape index (κ3) is 4.25. The Morgan fingerprint density at radius 2 is 2.09 bits per heavy atom. The predicted octanol–water partition coefficient (Wildman–Crippen LogP) is 3.29. The van der Waals surface area contributed by atoms with Gasteiger partial charge in [-0.15, -0.1) is 0 Å². The topological polar surface area (TPSA) is 63.2 Å². The molecule has 0 saturated carbocycles. The molecular formula is C15H14BrN3O2S. The van der Waals surface area contributed by atoms with Gasteiger partial charge in [-0.2, -0.15) is 0 Å². The number of ether oxygens (including phenoxy) is 1. The van der Waals surface area contributed by atoms with Gasteiger partial charge in [-0.3, -0.25) is 10.1 Å². The van der Waals surface area contributed by atoms with E-state index >= 15 is 0 Å². The minimum atomic E-state index is -0.358. The Labute approximate surface area is 142 Å². The number of amides is 1. The second-order valence-corrected chi connectivity index (χ2v) is 5.74. The molecule has 2 aromatic rings. The molecule has 0 aliphatic heterocycles. The molecular weight excluding hydrogens is 366 g/mol. The zero-order valence-corrected chi connectivity index (χ0v) is 14.4. The van der Waals surface area contributed by atoms with E-state index in [4.69, 9.17) is 17.0 Å². The molecule has 7 heteroatoms. The average molecular weight is 380 g/mol. The molecule has 0 spiro atoms. The number of halogens is 1. The van der Waals surface area contributed by atoms with E-state index in [0.717, 1.165) is 10.2 Å². The number of hydrogen-bond acceptors (Lipinski definition) is 4. The molecule has 0 saturated heterocycles. The summed E-state index contributed by atoms with van der Waals surface area (Å²) in [6.45, 7) is 1.87. The summed E-state index contributed by atoms with van der Waals surface area (Å²) in [5.74, 6) is 0.687. The van der Waals surface area contributed by atoms with Gasteiger partial charge in [0.05, 0.1) is 12.7 Å². The monoisotopic (exact) mass is 379 g/mol. The van der Waals surface area contributed by atoms with Crippen LogP contribution in [-0.2, 0) is 0 Å². The fourth-order valence-electron chi connectivity index (χ4n) is 1.79. The van der Waals surface area contributed by atoms with Gasteiger partial charge in [-0.05, 0) is 49.5 Å². The van der Waals surface area contributed by atoms with Crippen LogP contribution in [0.4, 0.5) is 5.82 Å². The number of hydrogen-bond donors (Lipinski definition) is 2. The van der Waals surface area contributed by atoms with Crippen molar-refractivity contribution < 1.29 is 9.53 Å². The third-order valence-corrected chi connectivity index (χ3v) is 3.46. The highest BCUT2D eigenvalue weighted by atomic mass is 79.9. The molecule has 1 amide bonds. The Morgan fingerprint density at radius 1 is 1.32 bits per heavy atom. The zero-order chi connectivity index (χ0) is 16.1. The maximum Gasteiger partial charge on any atom is 0.261 e. The number of methoxy groups -OCH3 is 1. The van der Waals surface area contributed by atoms with E-state index in [0.29, 0.717) is 17.1 Å². The smallest absolute Gasteiger partial charge is 0.261 e. The molecule has 1 aromatic carbocycles. The van der Waals surface area contributed by atoms with Crippen LogP contribution in [0.1, 0.15) is 16.1 Å². The molecule has 0 aliphatic rings. The first-order valence-electron chi connectivity index (χ1n) is 6.39. The molecule has 0 atom stereocenters. The molecule has 5 nitrogen and oxygen atoms in total. The highest BCUT2D eigenvalue weighted by molar-refractivity contribution is 9.10. The number of nitrogens with one attached hydrogen (secondary N) is 2. The molecule has 0 unspecified atom stereocenters. The Bertz CT molecular complexity index is 722. The molecule has 2 rings (SSSR count). The van der Waals surface area contributed by atoms with Gasteiger partial charge >= 0.3 is 0 Å². The van der Waals surface area contributed by atoms with Crippen molar-refractivity contribution in [3.8, 4) is 5.75 Å². The number of thiocarbonyl (C=S) groups is 1. The lowest BCUT2D eigenvalue weighted by Gasteiger charge is -2.11. The SMILES string of the molecule is COc1ccc(Br)cc1C(=O)NC(=S)Nc1cccc(C)n1. The summed E-state index contributed by atoms with van der Waals surface area (Å²) in [7, 11) is 1.51. The molecule has 0 bridgehead atoms. The maximum absolute atomic E-state index is 12.3. The number of carbonyl (C=O) groups is 1. The molecule has 114 valence electrons. The van der Waals surface area contributed by atoms with E-state index < -0.39 is 0 Å². The first kappa shape index (κ1) is 16.4. The molecule has 2 N–H and O–H groups in total. The minimum absolute atomic E-state index is 0.171. The number of anilines is 1. The molecule has 1 aromatic heterocycles. The Hall–Kier alpha value is -1.99. The van der Waals surface area contributed by atoms with Gasteiger partial charge in [0, 0.05) is 10.2 Å². The number of benzene rings is 1.